The van der Waals surface area contributed by atoms with Gasteiger partial charge in [0.25, 0.3) is 11.8 Å². The van der Waals surface area contributed by atoms with Crippen LogP contribution in [0.1, 0.15) is 17.3 Å². The van der Waals surface area contributed by atoms with Crippen molar-refractivity contribution in [1.29, 1.82) is 0 Å². The van der Waals surface area contributed by atoms with Crippen LogP contribution in [0.15, 0.2) is 48.5 Å². The molecule has 2 N–H and O–H groups in total. The first-order valence-corrected chi connectivity index (χ1v) is 7.15. The van der Waals surface area contributed by atoms with E-state index in [1.165, 1.54) is 24.3 Å². The lowest BCUT2D eigenvalue weighted by atomic mass is 10.2. The third kappa shape index (κ3) is 5.10. The summed E-state index contributed by atoms with van der Waals surface area (Å²) < 4.78 is 18.1. The number of ether oxygens (including phenoxy) is 1. The standard InChI is InChI=1S/C17H17FN2O3/c1-2-19-16(21)11-23-15-9-7-14(8-10-15)20-17(22)12-3-5-13(18)6-4-12/h3-10H,2,11H2,1H3,(H,19,21)(H,20,22). The zero-order chi connectivity index (χ0) is 16.7. The maximum absolute atomic E-state index is 12.8. The second-order valence-electron chi connectivity index (χ2n) is 4.73. The fourth-order valence-corrected chi connectivity index (χ4v) is 1.84. The van der Waals surface area contributed by atoms with E-state index in [1.54, 1.807) is 24.3 Å². The van der Waals surface area contributed by atoms with Gasteiger partial charge in [-0.15, -0.1) is 0 Å². The molecule has 0 atom stereocenters. The number of hydrogen-bond acceptors (Lipinski definition) is 3. The van der Waals surface area contributed by atoms with Crippen LogP contribution in [0.4, 0.5) is 10.1 Å². The average Bonchev–Trinajstić information content (AvgIpc) is 2.55. The maximum Gasteiger partial charge on any atom is 0.257 e. The molecule has 0 bridgehead atoms. The van der Waals surface area contributed by atoms with Gasteiger partial charge in [-0.25, -0.2) is 4.39 Å². The summed E-state index contributed by atoms with van der Waals surface area (Å²) in [5.74, 6) is -0.395. The normalized spacial score (nSPS) is 10.0. The third-order valence-electron chi connectivity index (χ3n) is 2.96. The van der Waals surface area contributed by atoms with Crippen LogP contribution in [0.2, 0.25) is 0 Å². The van der Waals surface area contributed by atoms with Gasteiger partial charge >= 0.3 is 0 Å². The molecule has 0 spiro atoms. The minimum atomic E-state index is -0.393. The van der Waals surface area contributed by atoms with E-state index in [-0.39, 0.29) is 18.4 Å². The van der Waals surface area contributed by atoms with Crippen LogP contribution >= 0.6 is 0 Å². The summed E-state index contributed by atoms with van der Waals surface area (Å²) in [4.78, 5) is 23.3. The Bertz CT molecular complexity index is 669. The molecule has 0 aliphatic rings. The van der Waals surface area contributed by atoms with Gasteiger partial charge < -0.3 is 15.4 Å². The second-order valence-corrected chi connectivity index (χ2v) is 4.73. The van der Waals surface area contributed by atoms with E-state index >= 15 is 0 Å². The zero-order valence-corrected chi connectivity index (χ0v) is 12.6. The van der Waals surface area contributed by atoms with Crippen molar-refractivity contribution in [2.45, 2.75) is 6.92 Å². The molecule has 2 aromatic rings. The predicted octanol–water partition coefficient (Wildman–Crippen LogP) is 2.59. The Morgan fingerprint density at radius 3 is 2.30 bits per heavy atom. The first-order valence-electron chi connectivity index (χ1n) is 7.15. The van der Waals surface area contributed by atoms with Gasteiger partial charge in [0.15, 0.2) is 6.61 Å². The van der Waals surface area contributed by atoms with Crippen molar-refractivity contribution in [1.82, 2.24) is 5.32 Å². The molecule has 0 fully saturated rings. The number of anilines is 1. The summed E-state index contributed by atoms with van der Waals surface area (Å²) in [5.41, 5.74) is 0.938. The quantitative estimate of drug-likeness (QED) is 0.861. The fraction of sp³-hybridized carbons (Fsp3) is 0.176. The topological polar surface area (TPSA) is 67.4 Å². The third-order valence-corrected chi connectivity index (χ3v) is 2.96. The molecule has 2 rings (SSSR count). The predicted molar refractivity (Wildman–Crippen MR) is 85.0 cm³/mol. The molecule has 23 heavy (non-hydrogen) atoms. The number of carbonyl (C=O) groups excluding carboxylic acids is 2. The summed E-state index contributed by atoms with van der Waals surface area (Å²) in [7, 11) is 0. The van der Waals surface area contributed by atoms with Crippen molar-refractivity contribution in [3.05, 3.63) is 59.9 Å². The van der Waals surface area contributed by atoms with E-state index in [0.717, 1.165) is 0 Å². The lowest BCUT2D eigenvalue weighted by Crippen LogP contribution is -2.28. The van der Waals surface area contributed by atoms with Crippen LogP contribution in [-0.2, 0) is 4.79 Å². The number of likely N-dealkylation sites (N-methyl/N-ethyl adjacent to an activating group) is 1. The SMILES string of the molecule is CCNC(=O)COc1ccc(NC(=O)c2ccc(F)cc2)cc1. The maximum atomic E-state index is 12.8. The van der Waals surface area contributed by atoms with Crippen LogP contribution in [0, 0.1) is 5.82 Å². The number of rotatable bonds is 6. The van der Waals surface area contributed by atoms with Gasteiger partial charge in [0.1, 0.15) is 11.6 Å². The van der Waals surface area contributed by atoms with Crippen LogP contribution < -0.4 is 15.4 Å². The Kier molecular flexibility index (Phi) is 5.68. The van der Waals surface area contributed by atoms with Gasteiger partial charge in [-0.1, -0.05) is 0 Å². The van der Waals surface area contributed by atoms with Crippen LogP contribution in [0.5, 0.6) is 5.75 Å². The lowest BCUT2D eigenvalue weighted by molar-refractivity contribution is -0.122. The molecule has 6 heteroatoms. The number of halogens is 1. The average molecular weight is 316 g/mol. The Balaban J connectivity index is 1.90. The largest absolute Gasteiger partial charge is 0.484 e. The Morgan fingerprint density at radius 1 is 1.04 bits per heavy atom. The number of benzene rings is 2. The summed E-state index contributed by atoms with van der Waals surface area (Å²) in [6.45, 7) is 2.32. The van der Waals surface area contributed by atoms with Gasteiger partial charge in [0.05, 0.1) is 0 Å². The summed E-state index contributed by atoms with van der Waals surface area (Å²) in [6.07, 6.45) is 0. The molecule has 120 valence electrons. The minimum absolute atomic E-state index is 0.0604. The van der Waals surface area contributed by atoms with Gasteiger partial charge in [0, 0.05) is 17.8 Å². The number of carbonyl (C=O) groups is 2. The fourth-order valence-electron chi connectivity index (χ4n) is 1.84. The molecule has 0 aromatic heterocycles. The number of nitrogens with one attached hydrogen (secondary N) is 2. The summed E-state index contributed by atoms with van der Waals surface area (Å²) in [5, 5.41) is 5.32. The molecular formula is C17H17FN2O3. The van der Waals surface area contributed by atoms with Crippen molar-refractivity contribution in [3.8, 4) is 5.75 Å². The molecule has 0 aliphatic heterocycles. The zero-order valence-electron chi connectivity index (χ0n) is 12.6. The summed E-state index contributed by atoms with van der Waals surface area (Å²) >= 11 is 0. The summed E-state index contributed by atoms with van der Waals surface area (Å²) in [6, 6.07) is 11.9. The minimum Gasteiger partial charge on any atom is -0.484 e. The first-order chi connectivity index (χ1) is 11.1. The second kappa shape index (κ2) is 7.93. The monoisotopic (exact) mass is 316 g/mol. The molecule has 0 radical (unpaired) electrons. The highest BCUT2D eigenvalue weighted by atomic mass is 19.1. The van der Waals surface area contributed by atoms with E-state index in [1.807, 2.05) is 6.92 Å². The molecule has 2 amide bonds. The van der Waals surface area contributed by atoms with E-state index in [9.17, 15) is 14.0 Å². The molecule has 0 saturated carbocycles. The van der Waals surface area contributed by atoms with Crippen molar-refractivity contribution >= 4 is 17.5 Å². The Hall–Kier alpha value is -2.89. The van der Waals surface area contributed by atoms with Crippen LogP contribution in [0.3, 0.4) is 0 Å². The van der Waals surface area contributed by atoms with Crippen molar-refractivity contribution in [3.63, 3.8) is 0 Å². The highest BCUT2D eigenvalue weighted by Gasteiger charge is 2.06. The molecule has 0 unspecified atom stereocenters. The van der Waals surface area contributed by atoms with E-state index in [4.69, 9.17) is 4.74 Å². The van der Waals surface area contributed by atoms with Gasteiger partial charge in [0.2, 0.25) is 0 Å². The highest BCUT2D eigenvalue weighted by molar-refractivity contribution is 6.04. The lowest BCUT2D eigenvalue weighted by Gasteiger charge is -2.08. The number of amides is 2. The molecule has 0 saturated heterocycles. The molecular weight excluding hydrogens is 299 g/mol. The van der Waals surface area contributed by atoms with Crippen LogP contribution in [0.25, 0.3) is 0 Å². The van der Waals surface area contributed by atoms with E-state index < -0.39 is 5.82 Å². The smallest absolute Gasteiger partial charge is 0.257 e. The van der Waals surface area contributed by atoms with Crippen molar-refractivity contribution in [2.75, 3.05) is 18.5 Å². The van der Waals surface area contributed by atoms with Crippen LogP contribution in [-0.4, -0.2) is 25.0 Å². The van der Waals surface area contributed by atoms with Gasteiger partial charge in [-0.2, -0.15) is 0 Å². The number of hydrogen-bond donors (Lipinski definition) is 2. The van der Waals surface area contributed by atoms with Gasteiger partial charge in [-0.3, -0.25) is 9.59 Å². The van der Waals surface area contributed by atoms with Gasteiger partial charge in [-0.05, 0) is 55.5 Å². The molecule has 5 nitrogen and oxygen atoms in total. The highest BCUT2D eigenvalue weighted by Crippen LogP contribution is 2.16. The van der Waals surface area contributed by atoms with E-state index in [0.29, 0.717) is 23.5 Å². The van der Waals surface area contributed by atoms with Crippen molar-refractivity contribution in [2.24, 2.45) is 0 Å². The molecule has 0 aliphatic carbocycles. The molecule has 2 aromatic carbocycles. The van der Waals surface area contributed by atoms with Crippen molar-refractivity contribution < 1.29 is 18.7 Å². The first kappa shape index (κ1) is 16.5. The Labute approximate surface area is 133 Å². The van der Waals surface area contributed by atoms with E-state index in [2.05, 4.69) is 10.6 Å². The Morgan fingerprint density at radius 2 is 1.70 bits per heavy atom. The molecule has 0 heterocycles.